The highest BCUT2D eigenvalue weighted by Gasteiger charge is 2.13. The van der Waals surface area contributed by atoms with E-state index in [1.165, 1.54) is 0 Å². The van der Waals surface area contributed by atoms with Gasteiger partial charge in [-0.1, -0.05) is 6.92 Å². The standard InChI is InChI=1S/C11H14N2O2/c1-3-12-8(2)11-13-7-10(15-11)9-5-4-6-14-9/h4-8,12H,3H2,1-2H3. The molecular weight excluding hydrogens is 192 g/mol. The molecule has 0 aliphatic carbocycles. The van der Waals surface area contributed by atoms with Crippen molar-refractivity contribution in [3.8, 4) is 11.5 Å². The van der Waals surface area contributed by atoms with Crippen LogP contribution in [0.1, 0.15) is 25.8 Å². The molecule has 0 radical (unpaired) electrons. The Morgan fingerprint density at radius 3 is 3.00 bits per heavy atom. The Morgan fingerprint density at radius 1 is 1.47 bits per heavy atom. The minimum absolute atomic E-state index is 0.124. The third kappa shape index (κ3) is 2.10. The fourth-order valence-electron chi connectivity index (χ4n) is 1.41. The Morgan fingerprint density at radius 2 is 2.33 bits per heavy atom. The number of nitrogens with one attached hydrogen (secondary N) is 1. The van der Waals surface area contributed by atoms with Crippen LogP contribution in [0.25, 0.3) is 11.5 Å². The third-order valence-corrected chi connectivity index (χ3v) is 2.17. The van der Waals surface area contributed by atoms with Crippen LogP contribution in [0.2, 0.25) is 0 Å². The molecule has 2 rings (SSSR count). The Bertz CT molecular complexity index is 406. The molecular formula is C11H14N2O2. The van der Waals surface area contributed by atoms with Gasteiger partial charge in [0.05, 0.1) is 18.5 Å². The van der Waals surface area contributed by atoms with Crippen molar-refractivity contribution in [2.45, 2.75) is 19.9 Å². The molecule has 0 spiro atoms. The zero-order chi connectivity index (χ0) is 10.7. The SMILES string of the molecule is CCNC(C)c1ncc(-c2ccco2)o1. The van der Waals surface area contributed by atoms with Gasteiger partial charge in [-0.25, -0.2) is 4.98 Å². The number of aromatic nitrogens is 1. The Hall–Kier alpha value is -1.55. The quantitative estimate of drug-likeness (QED) is 0.835. The van der Waals surface area contributed by atoms with Crippen LogP contribution in [0.15, 0.2) is 33.4 Å². The topological polar surface area (TPSA) is 51.2 Å². The molecule has 0 fully saturated rings. The van der Waals surface area contributed by atoms with Crippen molar-refractivity contribution < 1.29 is 8.83 Å². The lowest BCUT2D eigenvalue weighted by Gasteiger charge is -2.06. The summed E-state index contributed by atoms with van der Waals surface area (Å²) in [7, 11) is 0. The average molecular weight is 206 g/mol. The summed E-state index contributed by atoms with van der Waals surface area (Å²) in [6.45, 7) is 4.95. The van der Waals surface area contributed by atoms with E-state index in [0.717, 1.165) is 6.54 Å². The molecule has 0 saturated heterocycles. The average Bonchev–Trinajstić information content (AvgIpc) is 2.89. The summed E-state index contributed by atoms with van der Waals surface area (Å²) in [6.07, 6.45) is 3.30. The van der Waals surface area contributed by atoms with Crippen molar-refractivity contribution in [2.24, 2.45) is 0 Å². The molecule has 1 unspecified atom stereocenters. The number of nitrogens with zero attached hydrogens (tertiary/aromatic N) is 1. The van der Waals surface area contributed by atoms with Crippen LogP contribution in [0.3, 0.4) is 0 Å². The lowest BCUT2D eigenvalue weighted by Crippen LogP contribution is -2.17. The molecule has 0 aliphatic heterocycles. The predicted octanol–water partition coefficient (Wildman–Crippen LogP) is 2.61. The van der Waals surface area contributed by atoms with E-state index in [4.69, 9.17) is 8.83 Å². The van der Waals surface area contributed by atoms with E-state index in [1.807, 2.05) is 26.0 Å². The smallest absolute Gasteiger partial charge is 0.211 e. The normalized spacial score (nSPS) is 12.9. The molecule has 80 valence electrons. The first-order valence-corrected chi connectivity index (χ1v) is 5.04. The van der Waals surface area contributed by atoms with Crippen LogP contribution >= 0.6 is 0 Å². The van der Waals surface area contributed by atoms with Crippen LogP contribution < -0.4 is 5.32 Å². The number of rotatable bonds is 4. The lowest BCUT2D eigenvalue weighted by molar-refractivity contribution is 0.420. The van der Waals surface area contributed by atoms with E-state index in [-0.39, 0.29) is 6.04 Å². The molecule has 0 amide bonds. The van der Waals surface area contributed by atoms with Gasteiger partial charge in [-0.3, -0.25) is 0 Å². The molecule has 0 bridgehead atoms. The van der Waals surface area contributed by atoms with Crippen LogP contribution in [0, 0.1) is 0 Å². The van der Waals surface area contributed by atoms with E-state index in [9.17, 15) is 0 Å². The van der Waals surface area contributed by atoms with Gasteiger partial charge >= 0.3 is 0 Å². The summed E-state index contributed by atoms with van der Waals surface area (Å²) in [5.74, 6) is 2.06. The van der Waals surface area contributed by atoms with Gasteiger partial charge in [0, 0.05) is 0 Å². The number of hydrogen-bond acceptors (Lipinski definition) is 4. The van der Waals surface area contributed by atoms with E-state index >= 15 is 0 Å². The summed E-state index contributed by atoms with van der Waals surface area (Å²) >= 11 is 0. The van der Waals surface area contributed by atoms with Crippen LogP contribution in [0.5, 0.6) is 0 Å². The second-order valence-electron chi connectivity index (χ2n) is 3.32. The van der Waals surface area contributed by atoms with E-state index in [0.29, 0.717) is 17.4 Å². The Balaban J connectivity index is 2.17. The summed E-state index contributed by atoms with van der Waals surface area (Å²) in [5.41, 5.74) is 0. The summed E-state index contributed by atoms with van der Waals surface area (Å²) < 4.78 is 10.8. The van der Waals surface area contributed by atoms with Crippen molar-refractivity contribution in [3.63, 3.8) is 0 Å². The van der Waals surface area contributed by atoms with Gasteiger partial charge < -0.3 is 14.2 Å². The Labute approximate surface area is 88.3 Å². The second kappa shape index (κ2) is 4.31. The van der Waals surface area contributed by atoms with E-state index < -0.39 is 0 Å². The molecule has 2 heterocycles. The zero-order valence-electron chi connectivity index (χ0n) is 8.86. The fourth-order valence-corrected chi connectivity index (χ4v) is 1.41. The number of hydrogen-bond donors (Lipinski definition) is 1. The molecule has 1 atom stereocenters. The van der Waals surface area contributed by atoms with Crippen molar-refractivity contribution in [1.29, 1.82) is 0 Å². The van der Waals surface area contributed by atoms with Gasteiger partial charge in [-0.15, -0.1) is 0 Å². The summed E-state index contributed by atoms with van der Waals surface area (Å²) in [6, 6.07) is 3.80. The van der Waals surface area contributed by atoms with Crippen LogP contribution in [-0.4, -0.2) is 11.5 Å². The van der Waals surface area contributed by atoms with Crippen molar-refractivity contribution in [2.75, 3.05) is 6.54 Å². The van der Waals surface area contributed by atoms with E-state index in [2.05, 4.69) is 10.3 Å². The molecule has 2 aromatic rings. The number of oxazole rings is 1. The lowest BCUT2D eigenvalue weighted by atomic mass is 10.3. The molecule has 15 heavy (non-hydrogen) atoms. The molecule has 4 heteroatoms. The highest BCUT2D eigenvalue weighted by atomic mass is 16.4. The second-order valence-corrected chi connectivity index (χ2v) is 3.32. The van der Waals surface area contributed by atoms with Gasteiger partial charge in [0.15, 0.2) is 11.5 Å². The maximum absolute atomic E-state index is 5.58. The minimum atomic E-state index is 0.124. The summed E-state index contributed by atoms with van der Waals surface area (Å²) in [4.78, 5) is 4.20. The predicted molar refractivity (Wildman–Crippen MR) is 56.3 cm³/mol. The molecule has 0 aromatic carbocycles. The molecule has 0 saturated carbocycles. The third-order valence-electron chi connectivity index (χ3n) is 2.17. The first-order valence-electron chi connectivity index (χ1n) is 5.04. The largest absolute Gasteiger partial charge is 0.461 e. The monoisotopic (exact) mass is 206 g/mol. The minimum Gasteiger partial charge on any atom is -0.461 e. The van der Waals surface area contributed by atoms with Crippen molar-refractivity contribution >= 4 is 0 Å². The zero-order valence-corrected chi connectivity index (χ0v) is 8.86. The first kappa shape index (κ1) is 9.98. The highest BCUT2D eigenvalue weighted by Crippen LogP contribution is 2.22. The van der Waals surface area contributed by atoms with Crippen LogP contribution in [0.4, 0.5) is 0 Å². The number of furan rings is 1. The van der Waals surface area contributed by atoms with Crippen LogP contribution in [-0.2, 0) is 0 Å². The first-order chi connectivity index (χ1) is 7.31. The molecule has 2 aromatic heterocycles. The molecule has 1 N–H and O–H groups in total. The fraction of sp³-hybridized carbons (Fsp3) is 0.364. The van der Waals surface area contributed by atoms with Gasteiger partial charge in [0.25, 0.3) is 0 Å². The molecule has 4 nitrogen and oxygen atoms in total. The van der Waals surface area contributed by atoms with Gasteiger partial charge in [-0.2, -0.15) is 0 Å². The molecule has 0 aliphatic rings. The van der Waals surface area contributed by atoms with Gasteiger partial charge in [-0.05, 0) is 25.6 Å². The maximum Gasteiger partial charge on any atom is 0.211 e. The van der Waals surface area contributed by atoms with Crippen molar-refractivity contribution in [3.05, 3.63) is 30.5 Å². The van der Waals surface area contributed by atoms with Gasteiger partial charge in [0.1, 0.15) is 0 Å². The Kier molecular flexibility index (Phi) is 2.87. The summed E-state index contributed by atoms with van der Waals surface area (Å²) in [5, 5.41) is 3.23. The van der Waals surface area contributed by atoms with E-state index in [1.54, 1.807) is 12.5 Å². The highest BCUT2D eigenvalue weighted by molar-refractivity contribution is 5.47. The maximum atomic E-state index is 5.58. The van der Waals surface area contributed by atoms with Gasteiger partial charge in [0.2, 0.25) is 5.89 Å². The van der Waals surface area contributed by atoms with Crippen molar-refractivity contribution in [1.82, 2.24) is 10.3 Å².